The topological polar surface area (TPSA) is 166 Å². The molecule has 0 spiro atoms. The highest BCUT2D eigenvalue weighted by Crippen LogP contribution is 2.24. The Morgan fingerprint density at radius 1 is 0.979 bits per heavy atom. The lowest BCUT2D eigenvalue weighted by atomic mass is 9.94. The Morgan fingerprint density at radius 3 is 2.04 bits per heavy atom. The van der Waals surface area contributed by atoms with Gasteiger partial charge in [0, 0.05) is 19.3 Å². The Labute approximate surface area is 272 Å². The van der Waals surface area contributed by atoms with Gasteiger partial charge in [-0.15, -0.1) is 0 Å². The fraction of sp³-hybridized carbons (Fsp3) is 0.533. The van der Waals surface area contributed by atoms with E-state index in [1.807, 2.05) is 35.2 Å². The molecule has 0 unspecified atom stereocenters. The number of anilines is 1. The van der Waals surface area contributed by atoms with E-state index in [1.165, 1.54) is 6.33 Å². The van der Waals surface area contributed by atoms with Gasteiger partial charge in [-0.25, -0.2) is 4.98 Å². The maximum absolute atomic E-state index is 13.0. The van der Waals surface area contributed by atoms with Gasteiger partial charge in [-0.3, -0.25) is 24.0 Å². The van der Waals surface area contributed by atoms with Crippen molar-refractivity contribution < 1.29 is 55.1 Å². The van der Waals surface area contributed by atoms with E-state index in [9.17, 15) is 50.3 Å². The number of carbonyl (C=O) groups excluding carboxylic acids is 5. The lowest BCUT2D eigenvalue weighted by molar-refractivity contribution is -0.193. The number of likely N-dealkylation sites (tertiary alicyclic amines) is 1. The molecule has 0 radical (unpaired) electrons. The molecule has 3 amide bonds. The number of hydrogen-bond acceptors (Lipinski definition) is 8. The number of carbonyl (C=O) groups is 5. The van der Waals surface area contributed by atoms with Crippen LogP contribution in [0.15, 0.2) is 42.9 Å². The zero-order valence-electron chi connectivity index (χ0n) is 26.5. The van der Waals surface area contributed by atoms with Crippen LogP contribution in [-0.4, -0.2) is 87.4 Å². The molecule has 1 atom stereocenters. The number of halogens is 6. The summed E-state index contributed by atoms with van der Waals surface area (Å²) in [4.78, 5) is 63.4. The highest BCUT2D eigenvalue weighted by atomic mass is 19.4. The van der Waals surface area contributed by atoms with Gasteiger partial charge >= 0.3 is 23.9 Å². The van der Waals surface area contributed by atoms with E-state index < -0.39 is 47.3 Å². The molecular formula is C30H38F6N6O6. The summed E-state index contributed by atoms with van der Waals surface area (Å²) < 4.78 is 74.3. The van der Waals surface area contributed by atoms with E-state index in [-0.39, 0.29) is 24.9 Å². The third-order valence-electron chi connectivity index (χ3n) is 7.07. The van der Waals surface area contributed by atoms with E-state index in [0.717, 1.165) is 37.9 Å². The fourth-order valence-electron chi connectivity index (χ4n) is 4.22. The number of rotatable bonds is 12. The Bertz CT molecular complexity index is 1380. The van der Waals surface area contributed by atoms with Crippen molar-refractivity contribution in [2.75, 3.05) is 25.0 Å². The maximum atomic E-state index is 13.0. The number of amides is 3. The molecule has 2 heterocycles. The van der Waals surface area contributed by atoms with Crippen molar-refractivity contribution >= 4 is 35.1 Å². The number of nitrogens with two attached hydrogens (primary N) is 1. The van der Waals surface area contributed by atoms with Crippen LogP contribution < -0.4 is 16.4 Å². The molecule has 1 fully saturated rings. The van der Waals surface area contributed by atoms with Crippen molar-refractivity contribution in [3.8, 4) is 0 Å². The molecule has 1 saturated heterocycles. The van der Waals surface area contributed by atoms with Crippen molar-refractivity contribution in [1.82, 2.24) is 19.8 Å². The van der Waals surface area contributed by atoms with Gasteiger partial charge in [-0.1, -0.05) is 43.7 Å². The van der Waals surface area contributed by atoms with Gasteiger partial charge in [-0.2, -0.15) is 26.3 Å². The SMILES string of the molecule is CCC1CCN(C(=O)Cn2cnc(NC(=O)[C@@H](COCc3ccccc3)NC(=O)C(C)(C)N)c2)CC1.O=C(C(=O)C(F)(F)F)C(F)(F)F. The quantitative estimate of drug-likeness (QED) is 0.226. The van der Waals surface area contributed by atoms with Gasteiger partial charge in [0.2, 0.25) is 11.8 Å². The highest BCUT2D eigenvalue weighted by Gasteiger charge is 2.54. The lowest BCUT2D eigenvalue weighted by Crippen LogP contribution is -2.56. The largest absolute Gasteiger partial charge is 0.458 e. The summed E-state index contributed by atoms with van der Waals surface area (Å²) >= 11 is 0. The van der Waals surface area contributed by atoms with Crippen molar-refractivity contribution in [3.05, 3.63) is 48.4 Å². The van der Waals surface area contributed by atoms with Gasteiger partial charge in [0.25, 0.3) is 5.91 Å². The van der Waals surface area contributed by atoms with Gasteiger partial charge in [0.1, 0.15) is 12.6 Å². The molecule has 1 aromatic heterocycles. The van der Waals surface area contributed by atoms with Gasteiger partial charge < -0.3 is 30.6 Å². The smallest absolute Gasteiger partial charge is 0.374 e. The summed E-state index contributed by atoms with van der Waals surface area (Å²) in [5.74, 6) is -6.77. The highest BCUT2D eigenvalue weighted by molar-refractivity contribution is 6.41. The first-order chi connectivity index (χ1) is 22.2. The van der Waals surface area contributed by atoms with E-state index in [0.29, 0.717) is 12.5 Å². The second-order valence-electron chi connectivity index (χ2n) is 11.6. The van der Waals surface area contributed by atoms with Crippen LogP contribution in [0.1, 0.15) is 45.6 Å². The number of alkyl halides is 6. The second kappa shape index (κ2) is 17.2. The molecule has 12 nitrogen and oxygen atoms in total. The molecule has 0 bridgehead atoms. The molecule has 2 aromatic rings. The summed E-state index contributed by atoms with van der Waals surface area (Å²) in [6.45, 7) is 7.26. The molecular weight excluding hydrogens is 654 g/mol. The van der Waals surface area contributed by atoms with Gasteiger partial charge in [0.15, 0.2) is 5.82 Å². The van der Waals surface area contributed by atoms with Crippen LogP contribution in [0.3, 0.4) is 0 Å². The molecule has 0 aliphatic carbocycles. The van der Waals surface area contributed by atoms with Crippen LogP contribution in [0.5, 0.6) is 0 Å². The molecule has 1 aliphatic rings. The number of nitrogens with one attached hydrogen (secondary N) is 2. The van der Waals surface area contributed by atoms with Crippen molar-refractivity contribution in [2.45, 2.75) is 77.1 Å². The lowest BCUT2D eigenvalue weighted by Gasteiger charge is -2.31. The summed E-state index contributed by atoms with van der Waals surface area (Å²) in [6, 6.07) is 8.55. The number of ketones is 2. The van der Waals surface area contributed by atoms with Crippen LogP contribution >= 0.6 is 0 Å². The number of piperidine rings is 1. The molecule has 18 heteroatoms. The maximum Gasteiger partial charge on any atom is 0.458 e. The number of hydrogen-bond donors (Lipinski definition) is 3. The van der Waals surface area contributed by atoms with Gasteiger partial charge in [-0.05, 0) is 38.2 Å². The number of nitrogens with zero attached hydrogens (tertiary/aromatic N) is 3. The van der Waals surface area contributed by atoms with Crippen LogP contribution in [0, 0.1) is 5.92 Å². The predicted molar refractivity (Wildman–Crippen MR) is 159 cm³/mol. The van der Waals surface area contributed by atoms with Crippen molar-refractivity contribution in [2.24, 2.45) is 11.7 Å². The number of Topliss-reactive ketones (excluding diaryl/α,β-unsaturated/α-hetero) is 2. The zero-order chi connectivity index (χ0) is 36.3. The molecule has 266 valence electrons. The van der Waals surface area contributed by atoms with E-state index in [4.69, 9.17) is 10.5 Å². The third kappa shape index (κ3) is 13.1. The molecule has 48 heavy (non-hydrogen) atoms. The fourth-order valence-corrected chi connectivity index (χ4v) is 4.22. The summed E-state index contributed by atoms with van der Waals surface area (Å²) in [6.07, 6.45) is -5.22. The van der Waals surface area contributed by atoms with E-state index in [2.05, 4.69) is 22.5 Å². The van der Waals surface area contributed by atoms with Crippen LogP contribution in [0.2, 0.25) is 0 Å². The van der Waals surface area contributed by atoms with Crippen LogP contribution in [0.4, 0.5) is 32.2 Å². The summed E-state index contributed by atoms with van der Waals surface area (Å²) in [5.41, 5.74) is 5.68. The number of benzene rings is 1. The number of ether oxygens (including phenoxy) is 1. The third-order valence-corrected chi connectivity index (χ3v) is 7.07. The number of imidazole rings is 1. The minimum Gasteiger partial charge on any atom is -0.374 e. The Kier molecular flexibility index (Phi) is 14.3. The zero-order valence-corrected chi connectivity index (χ0v) is 26.5. The Morgan fingerprint density at radius 2 is 1.54 bits per heavy atom. The first kappa shape index (κ1) is 39.9. The van der Waals surface area contributed by atoms with Crippen molar-refractivity contribution in [1.29, 1.82) is 0 Å². The first-order valence-electron chi connectivity index (χ1n) is 14.8. The minimum atomic E-state index is -5.77. The summed E-state index contributed by atoms with van der Waals surface area (Å²) in [7, 11) is 0. The molecule has 1 aromatic carbocycles. The number of aromatic nitrogens is 2. The van der Waals surface area contributed by atoms with Crippen LogP contribution in [0.25, 0.3) is 0 Å². The summed E-state index contributed by atoms with van der Waals surface area (Å²) in [5, 5.41) is 5.36. The Balaban J connectivity index is 0.000000567. The average molecular weight is 693 g/mol. The average Bonchev–Trinajstić information content (AvgIpc) is 3.45. The molecule has 3 rings (SSSR count). The van der Waals surface area contributed by atoms with E-state index in [1.54, 1.807) is 24.6 Å². The van der Waals surface area contributed by atoms with E-state index >= 15 is 0 Å². The normalized spacial score (nSPS) is 14.8. The monoisotopic (exact) mass is 692 g/mol. The molecule has 0 saturated carbocycles. The molecule has 4 N–H and O–H groups in total. The first-order valence-corrected chi connectivity index (χ1v) is 14.8. The van der Waals surface area contributed by atoms with Crippen molar-refractivity contribution in [3.63, 3.8) is 0 Å². The van der Waals surface area contributed by atoms with Crippen LogP contribution in [-0.2, 0) is 41.9 Å². The second-order valence-corrected chi connectivity index (χ2v) is 11.6. The predicted octanol–water partition coefficient (Wildman–Crippen LogP) is 3.16. The molecule has 1 aliphatic heterocycles. The Hall–Kier alpha value is -4.32. The standard InChI is InChI=1S/C26H38N6O4.C4F6O2/c1-4-19-10-12-32(13-11-19)23(33)15-31-14-22(28-18-31)30-24(34)21(29-25(35)26(2,3)27)17-36-16-20-8-6-5-7-9-20;5-3(6,7)1(11)2(12)4(8,9)10/h5-9,14,18-19,21H,4,10-13,15-17,27H2,1-3H3,(H,29,35)(H,30,34);/t21-;/m1./s1. The van der Waals surface area contributed by atoms with Gasteiger partial charge in [0.05, 0.1) is 25.1 Å². The minimum absolute atomic E-state index is 0.0319.